The van der Waals surface area contributed by atoms with Gasteiger partial charge in [-0.05, 0) is 53.6 Å². The number of nitrogens with one attached hydrogen (secondary N) is 1. The molecule has 7 nitrogen and oxygen atoms in total. The zero-order valence-electron chi connectivity index (χ0n) is 19.8. The van der Waals surface area contributed by atoms with Crippen molar-refractivity contribution in [2.75, 3.05) is 0 Å². The maximum absolute atomic E-state index is 13.7. The average molecular weight is 575 g/mol. The Hall–Kier alpha value is -4.48. The largest absolute Gasteiger partial charge is 0.274 e. The minimum absolute atomic E-state index is 0.0733. The number of hydrogen-bond acceptors (Lipinski definition) is 6. The zero-order chi connectivity index (χ0) is 27.7. The van der Waals surface area contributed by atoms with E-state index in [0.717, 1.165) is 15.9 Å². The van der Waals surface area contributed by atoms with Gasteiger partial charge in [0.05, 0.1) is 38.6 Å². The highest BCUT2D eigenvalue weighted by Gasteiger charge is 2.35. The summed E-state index contributed by atoms with van der Waals surface area (Å²) in [6, 6.07) is 23.6. The van der Waals surface area contributed by atoms with E-state index in [9.17, 15) is 28.1 Å². The Bertz CT molecular complexity index is 2000. The molecule has 1 aliphatic heterocycles. The summed E-state index contributed by atoms with van der Waals surface area (Å²) in [5.74, 6) is -1.68. The van der Waals surface area contributed by atoms with Crippen molar-refractivity contribution in [1.82, 2.24) is 9.29 Å². The number of nitrogens with zero attached hydrogens (tertiary/aromatic N) is 3. The molecule has 3 aromatic carbocycles. The Labute approximate surface area is 231 Å². The first-order valence-electron chi connectivity index (χ1n) is 11.3. The number of aromatic nitrogens is 1. The molecule has 0 saturated carbocycles. The van der Waals surface area contributed by atoms with Gasteiger partial charge in [0.15, 0.2) is 0 Å². The predicted molar refractivity (Wildman–Crippen MR) is 147 cm³/mol. The molecule has 5 rings (SSSR count). The van der Waals surface area contributed by atoms with Crippen LogP contribution in [0.2, 0.25) is 5.02 Å². The highest BCUT2D eigenvalue weighted by atomic mass is 35.5. The van der Waals surface area contributed by atoms with E-state index in [1.54, 1.807) is 42.5 Å². The van der Waals surface area contributed by atoms with E-state index in [0.29, 0.717) is 16.1 Å². The molecule has 1 N–H and O–H groups in total. The van der Waals surface area contributed by atoms with Crippen LogP contribution in [-0.4, -0.2) is 13.0 Å². The fourth-order valence-electron chi connectivity index (χ4n) is 4.21. The molecule has 0 radical (unpaired) electrons. The lowest BCUT2D eigenvalue weighted by atomic mass is 9.84. The molecular weight excluding hydrogens is 559 g/mol. The standard InChI is InChI=1S/C28H16ClFN4O3S2/c29-19-10-8-18(9-11-19)25-22(15-31)26(33-39(36,37)21-4-2-1-3-5-21)34-27(35)24(38-28(34)23(25)16-32)14-17-6-12-20(30)13-7-17/h1-14,25,33H/b24-14+. The van der Waals surface area contributed by atoms with Crippen LogP contribution in [0.5, 0.6) is 0 Å². The summed E-state index contributed by atoms with van der Waals surface area (Å²) in [5, 5.41) is 20.9. The molecule has 39 heavy (non-hydrogen) atoms. The van der Waals surface area contributed by atoms with Crippen molar-refractivity contribution in [3.63, 3.8) is 0 Å². The first-order chi connectivity index (χ1) is 18.7. The third-order valence-corrected chi connectivity index (χ3v) is 8.72. The van der Waals surface area contributed by atoms with Gasteiger partial charge in [0.2, 0.25) is 0 Å². The SMILES string of the molecule is N#CC1=C(NS(=O)(=O)c2ccccc2)n2c(s/c(=C/c3ccc(F)cc3)c2=O)=C(C#N)C1c1ccc(Cl)cc1. The Morgan fingerprint density at radius 2 is 1.59 bits per heavy atom. The van der Waals surface area contributed by atoms with Crippen molar-refractivity contribution in [2.24, 2.45) is 0 Å². The molecule has 1 atom stereocenters. The van der Waals surface area contributed by atoms with E-state index in [1.807, 2.05) is 6.07 Å². The number of thiazole rings is 1. The lowest BCUT2D eigenvalue weighted by Crippen LogP contribution is -2.41. The first-order valence-corrected chi connectivity index (χ1v) is 14.0. The number of rotatable bonds is 5. The van der Waals surface area contributed by atoms with Crippen molar-refractivity contribution in [2.45, 2.75) is 10.8 Å². The Balaban J connectivity index is 1.84. The summed E-state index contributed by atoms with van der Waals surface area (Å²) < 4.78 is 43.9. The summed E-state index contributed by atoms with van der Waals surface area (Å²) in [4.78, 5) is 13.6. The summed E-state index contributed by atoms with van der Waals surface area (Å²) >= 11 is 7.03. The maximum atomic E-state index is 13.7. The van der Waals surface area contributed by atoms with Crippen LogP contribution < -0.4 is 19.5 Å². The number of sulfonamides is 1. The van der Waals surface area contributed by atoms with Gasteiger partial charge >= 0.3 is 0 Å². The second-order valence-electron chi connectivity index (χ2n) is 8.41. The van der Waals surface area contributed by atoms with E-state index in [4.69, 9.17) is 11.6 Å². The number of halogens is 2. The Morgan fingerprint density at radius 1 is 0.949 bits per heavy atom. The first kappa shape index (κ1) is 26.1. The zero-order valence-corrected chi connectivity index (χ0v) is 22.2. The topological polar surface area (TPSA) is 116 Å². The van der Waals surface area contributed by atoms with Gasteiger partial charge in [0.25, 0.3) is 15.6 Å². The fraction of sp³-hybridized carbons (Fsp3) is 0.0357. The highest BCUT2D eigenvalue weighted by Crippen LogP contribution is 2.37. The van der Waals surface area contributed by atoms with Gasteiger partial charge in [-0.25, -0.2) is 17.4 Å². The van der Waals surface area contributed by atoms with Crippen LogP contribution in [0.15, 0.2) is 94.1 Å². The van der Waals surface area contributed by atoms with Crippen LogP contribution in [0.25, 0.3) is 17.5 Å². The fourth-order valence-corrected chi connectivity index (χ4v) is 6.54. The van der Waals surface area contributed by atoms with Crippen LogP contribution in [0.4, 0.5) is 4.39 Å². The van der Waals surface area contributed by atoms with Crippen LogP contribution in [0.3, 0.4) is 0 Å². The molecule has 1 unspecified atom stereocenters. The second-order valence-corrected chi connectivity index (χ2v) is 11.6. The smallest absolute Gasteiger partial charge is 0.267 e. The van der Waals surface area contributed by atoms with Gasteiger partial charge in [-0.15, -0.1) is 11.3 Å². The monoisotopic (exact) mass is 574 g/mol. The normalized spacial score (nSPS) is 15.4. The summed E-state index contributed by atoms with van der Waals surface area (Å²) in [6.07, 6.45) is 1.51. The molecule has 2 heterocycles. The number of benzene rings is 3. The van der Waals surface area contributed by atoms with E-state index in [2.05, 4.69) is 10.8 Å². The molecule has 192 valence electrons. The number of hydrogen-bond donors (Lipinski definition) is 1. The lowest BCUT2D eigenvalue weighted by Gasteiger charge is -2.25. The summed E-state index contributed by atoms with van der Waals surface area (Å²) in [5.41, 5.74) is 0.364. The van der Waals surface area contributed by atoms with Gasteiger partial charge in [0, 0.05) is 5.02 Å². The molecule has 0 saturated heterocycles. The molecule has 4 aromatic rings. The van der Waals surface area contributed by atoms with Gasteiger partial charge in [-0.1, -0.05) is 54.1 Å². The van der Waals surface area contributed by atoms with E-state index >= 15 is 0 Å². The molecular formula is C28H16ClFN4O3S2. The van der Waals surface area contributed by atoms with Crippen LogP contribution in [0, 0.1) is 28.5 Å². The van der Waals surface area contributed by atoms with Crippen LogP contribution in [0.1, 0.15) is 17.0 Å². The van der Waals surface area contributed by atoms with Gasteiger partial charge in [0.1, 0.15) is 16.3 Å². The van der Waals surface area contributed by atoms with Crippen LogP contribution in [-0.2, 0) is 10.0 Å². The third kappa shape index (κ3) is 4.89. The van der Waals surface area contributed by atoms with E-state index < -0.39 is 27.3 Å². The van der Waals surface area contributed by atoms with E-state index in [-0.39, 0.29) is 31.1 Å². The molecule has 0 amide bonds. The van der Waals surface area contributed by atoms with Crippen molar-refractivity contribution in [1.29, 1.82) is 10.5 Å². The van der Waals surface area contributed by atoms with Crippen molar-refractivity contribution in [3.8, 4) is 12.1 Å². The van der Waals surface area contributed by atoms with Crippen molar-refractivity contribution >= 4 is 50.4 Å². The van der Waals surface area contributed by atoms with Gasteiger partial charge in [-0.3, -0.25) is 9.52 Å². The minimum Gasteiger partial charge on any atom is -0.267 e. The predicted octanol–water partition coefficient (Wildman–Crippen LogP) is 3.67. The Morgan fingerprint density at radius 3 is 2.21 bits per heavy atom. The lowest BCUT2D eigenvalue weighted by molar-refractivity contribution is 0.589. The van der Waals surface area contributed by atoms with Crippen molar-refractivity contribution < 1.29 is 12.8 Å². The Kier molecular flexibility index (Phi) is 6.94. The molecule has 0 fully saturated rings. The maximum Gasteiger partial charge on any atom is 0.274 e. The number of allylic oxidation sites excluding steroid dienone is 1. The minimum atomic E-state index is -4.23. The third-order valence-electron chi connectivity index (χ3n) is 6.01. The number of fused-ring (bicyclic) bond motifs is 1. The van der Waals surface area contributed by atoms with Gasteiger partial charge < -0.3 is 0 Å². The number of nitriles is 2. The molecule has 0 spiro atoms. The van der Waals surface area contributed by atoms with E-state index in [1.165, 1.54) is 42.5 Å². The quantitative estimate of drug-likeness (QED) is 0.390. The molecule has 0 bridgehead atoms. The summed E-state index contributed by atoms with van der Waals surface area (Å²) in [6.45, 7) is 0. The van der Waals surface area contributed by atoms with Crippen molar-refractivity contribution in [3.05, 3.63) is 126 Å². The van der Waals surface area contributed by atoms with Gasteiger partial charge in [-0.2, -0.15) is 10.5 Å². The second kappa shape index (κ2) is 10.4. The molecule has 11 heteroatoms. The van der Waals surface area contributed by atoms with Crippen LogP contribution >= 0.6 is 22.9 Å². The molecule has 1 aliphatic rings. The molecule has 0 aliphatic carbocycles. The summed E-state index contributed by atoms with van der Waals surface area (Å²) in [7, 11) is -4.23. The average Bonchev–Trinajstić information content (AvgIpc) is 3.26. The highest BCUT2D eigenvalue weighted by molar-refractivity contribution is 7.89. The molecule has 1 aromatic heterocycles.